The summed E-state index contributed by atoms with van der Waals surface area (Å²) in [5, 5.41) is 10.0. The molecule has 0 bridgehead atoms. The molecule has 0 amide bonds. The lowest BCUT2D eigenvalue weighted by molar-refractivity contribution is -0.0510. The minimum Gasteiger partial charge on any atom is -0.431 e. The van der Waals surface area contributed by atoms with Crippen LogP contribution in [0.15, 0.2) is 12.1 Å². The Balaban J connectivity index is 1.67. The van der Waals surface area contributed by atoms with Crippen molar-refractivity contribution in [2.24, 2.45) is 27.5 Å². The number of alkyl halides is 2. The molecule has 3 aliphatic rings. The van der Waals surface area contributed by atoms with Gasteiger partial charge in [-0.2, -0.15) is 30.8 Å². The van der Waals surface area contributed by atoms with E-state index in [1.807, 2.05) is 6.92 Å². The van der Waals surface area contributed by atoms with E-state index in [2.05, 4.69) is 8.92 Å². The second-order valence-corrected chi connectivity index (χ2v) is 11.4. The van der Waals surface area contributed by atoms with Crippen LogP contribution in [0.25, 0.3) is 0 Å². The van der Waals surface area contributed by atoms with Gasteiger partial charge in [0.1, 0.15) is 0 Å². The van der Waals surface area contributed by atoms with Gasteiger partial charge in [0.2, 0.25) is 0 Å². The molecule has 4 rings (SSSR count). The van der Waals surface area contributed by atoms with Crippen molar-refractivity contribution in [3.8, 4) is 11.5 Å². The first-order valence-corrected chi connectivity index (χ1v) is 13.3. The van der Waals surface area contributed by atoms with Crippen LogP contribution in [-0.4, -0.2) is 29.6 Å². The Morgan fingerprint density at radius 2 is 1.75 bits per heavy atom. The number of nitrogens with two attached hydrogens (primary N) is 2. The smallest absolute Gasteiger partial charge is 0.387 e. The van der Waals surface area contributed by atoms with Crippen molar-refractivity contribution in [2.45, 2.75) is 64.1 Å². The molecule has 32 heavy (non-hydrogen) atoms. The van der Waals surface area contributed by atoms with E-state index in [0.717, 1.165) is 24.0 Å². The Morgan fingerprint density at radius 3 is 2.38 bits per heavy atom. The maximum atomic E-state index is 13.0. The maximum Gasteiger partial charge on any atom is 0.387 e. The van der Waals surface area contributed by atoms with Crippen LogP contribution in [0.3, 0.4) is 0 Å². The highest BCUT2D eigenvalue weighted by atomic mass is 32.2. The third kappa shape index (κ3) is 4.58. The van der Waals surface area contributed by atoms with Crippen molar-refractivity contribution in [2.75, 3.05) is 0 Å². The predicted octanol–water partition coefficient (Wildman–Crippen LogP) is 2.32. The zero-order valence-electron chi connectivity index (χ0n) is 17.4. The molecular formula is C19H26F2N2O7S2. The highest BCUT2D eigenvalue weighted by Crippen LogP contribution is 2.62. The Labute approximate surface area is 185 Å². The first-order chi connectivity index (χ1) is 14.8. The van der Waals surface area contributed by atoms with E-state index in [1.165, 1.54) is 12.1 Å². The Kier molecular flexibility index (Phi) is 5.94. The van der Waals surface area contributed by atoms with Gasteiger partial charge in [0.05, 0.1) is 6.10 Å². The zero-order valence-corrected chi connectivity index (χ0v) is 19.0. The summed E-state index contributed by atoms with van der Waals surface area (Å²) < 4.78 is 86.2. The quantitative estimate of drug-likeness (QED) is 0.614. The summed E-state index contributed by atoms with van der Waals surface area (Å²) in [6.07, 6.45) is 3.60. The van der Waals surface area contributed by atoms with Crippen LogP contribution >= 0.6 is 0 Å². The molecule has 3 aliphatic carbocycles. The molecule has 180 valence electrons. The lowest BCUT2D eigenvalue weighted by atomic mass is 9.55. The molecule has 2 saturated carbocycles. The maximum absolute atomic E-state index is 13.0. The summed E-state index contributed by atoms with van der Waals surface area (Å²) in [6.45, 7) is -1.14. The first kappa shape index (κ1) is 23.6. The minimum absolute atomic E-state index is 0.0358. The van der Waals surface area contributed by atoms with Crippen LogP contribution in [0.1, 0.15) is 56.1 Å². The van der Waals surface area contributed by atoms with Gasteiger partial charge < -0.3 is 8.92 Å². The van der Waals surface area contributed by atoms with E-state index in [0.29, 0.717) is 25.7 Å². The van der Waals surface area contributed by atoms with E-state index < -0.39 is 33.3 Å². The van der Waals surface area contributed by atoms with Gasteiger partial charge in [0.15, 0.2) is 11.5 Å². The molecule has 0 spiro atoms. The molecule has 9 nitrogen and oxygen atoms in total. The fraction of sp³-hybridized carbons (Fsp3) is 0.684. The van der Waals surface area contributed by atoms with E-state index in [-0.39, 0.29) is 34.7 Å². The van der Waals surface area contributed by atoms with Gasteiger partial charge in [0, 0.05) is 0 Å². The average molecular weight is 497 g/mol. The van der Waals surface area contributed by atoms with Gasteiger partial charge in [-0.3, -0.25) is 4.18 Å². The van der Waals surface area contributed by atoms with E-state index in [4.69, 9.17) is 14.5 Å². The average Bonchev–Trinajstić information content (AvgIpc) is 2.95. The van der Waals surface area contributed by atoms with Gasteiger partial charge in [-0.1, -0.05) is 6.92 Å². The van der Waals surface area contributed by atoms with Crippen LogP contribution in [0, 0.1) is 17.3 Å². The Morgan fingerprint density at radius 1 is 1.03 bits per heavy atom. The fourth-order valence-electron chi connectivity index (χ4n) is 6.23. The summed E-state index contributed by atoms with van der Waals surface area (Å²) in [5.74, 6) is -0.342. The highest BCUT2D eigenvalue weighted by Gasteiger charge is 2.56. The largest absolute Gasteiger partial charge is 0.431 e. The van der Waals surface area contributed by atoms with Crippen molar-refractivity contribution in [3.63, 3.8) is 0 Å². The second kappa shape index (κ2) is 8.05. The first-order valence-electron chi connectivity index (χ1n) is 10.3. The van der Waals surface area contributed by atoms with Gasteiger partial charge >= 0.3 is 27.2 Å². The Hall–Kier alpha value is -1.54. The third-order valence-corrected chi connectivity index (χ3v) is 8.29. The van der Waals surface area contributed by atoms with Gasteiger partial charge in [-0.25, -0.2) is 5.14 Å². The van der Waals surface area contributed by atoms with E-state index in [9.17, 15) is 25.6 Å². The van der Waals surface area contributed by atoms with E-state index >= 15 is 0 Å². The summed E-state index contributed by atoms with van der Waals surface area (Å²) in [4.78, 5) is 0. The molecule has 1 aromatic rings. The van der Waals surface area contributed by atoms with Crippen LogP contribution in [0.2, 0.25) is 0 Å². The molecule has 0 heterocycles. The van der Waals surface area contributed by atoms with Crippen molar-refractivity contribution in [3.05, 3.63) is 23.3 Å². The predicted molar refractivity (Wildman–Crippen MR) is 109 cm³/mol. The third-order valence-electron chi connectivity index (χ3n) is 7.37. The van der Waals surface area contributed by atoms with Gasteiger partial charge in [-0.15, -0.1) is 0 Å². The van der Waals surface area contributed by atoms with Crippen LogP contribution in [-0.2, 0) is 31.2 Å². The number of halogens is 2. The number of aryl methyl sites for hydroxylation is 1. The van der Waals surface area contributed by atoms with Crippen molar-refractivity contribution in [1.82, 2.24) is 0 Å². The molecule has 0 aromatic heterocycles. The van der Waals surface area contributed by atoms with Crippen molar-refractivity contribution in [1.29, 1.82) is 0 Å². The normalized spacial score (nSPS) is 32.2. The molecule has 13 heteroatoms. The lowest BCUT2D eigenvalue weighted by Crippen LogP contribution is -2.45. The molecule has 0 unspecified atom stereocenters. The van der Waals surface area contributed by atoms with Gasteiger partial charge in [-0.05, 0) is 85.0 Å². The monoisotopic (exact) mass is 496 g/mol. The molecule has 2 fully saturated rings. The summed E-state index contributed by atoms with van der Waals surface area (Å²) in [5.41, 5.74) is 1.26. The molecule has 1 aromatic carbocycles. The number of hydrogen-bond acceptors (Lipinski definition) is 7. The van der Waals surface area contributed by atoms with Crippen LogP contribution in [0.4, 0.5) is 8.78 Å². The standard InChI is InChI=1S/C19H26F2N2O7S2/c1-19-7-6-11-12(14(19)4-5-17(19)30-32(23,26)27)3-2-10-8-16(29-31(22,24)25)15(9-13(10)11)28-18(20)21/h8-9,11-12,14,17-18H,2-7H2,1H3,(H2,22,24,25)(H2,23,26,27)/t11-,12+,14-,17-,19-/m0/s1. The molecular weight excluding hydrogens is 470 g/mol. The number of benzene rings is 1. The SMILES string of the molecule is C[C@]12CC[C@@H]3c4cc(OC(F)F)c(OS(N)(=O)=O)cc4CC[C@H]3[C@@H]1CC[C@@H]2OS(N)(=O)=O. The molecule has 4 N–H and O–H groups in total. The van der Waals surface area contributed by atoms with Crippen LogP contribution < -0.4 is 19.2 Å². The minimum atomic E-state index is -4.42. The molecule has 0 saturated heterocycles. The number of rotatable bonds is 6. The molecule has 5 atom stereocenters. The van der Waals surface area contributed by atoms with Crippen molar-refractivity contribution < 1.29 is 38.7 Å². The Bertz CT molecular complexity index is 1110. The molecule has 0 radical (unpaired) electrons. The molecule has 0 aliphatic heterocycles. The highest BCUT2D eigenvalue weighted by molar-refractivity contribution is 7.84. The summed E-state index contributed by atoms with van der Waals surface area (Å²) >= 11 is 0. The number of ether oxygens (including phenoxy) is 1. The summed E-state index contributed by atoms with van der Waals surface area (Å²) in [7, 11) is -8.50. The topological polar surface area (TPSA) is 148 Å². The van der Waals surface area contributed by atoms with Crippen LogP contribution in [0.5, 0.6) is 11.5 Å². The second-order valence-electron chi connectivity index (χ2n) is 9.07. The van der Waals surface area contributed by atoms with E-state index in [1.54, 1.807) is 0 Å². The van der Waals surface area contributed by atoms with Gasteiger partial charge in [0.25, 0.3) is 0 Å². The number of fused-ring (bicyclic) bond motifs is 5. The lowest BCUT2D eigenvalue weighted by Gasteiger charge is -2.50. The number of hydrogen-bond donors (Lipinski definition) is 2. The summed E-state index contributed by atoms with van der Waals surface area (Å²) in [6, 6.07) is 2.83. The van der Waals surface area contributed by atoms with Crippen molar-refractivity contribution >= 4 is 20.6 Å². The zero-order chi connectivity index (χ0) is 23.5. The fourth-order valence-corrected chi connectivity index (χ4v) is 7.25.